The van der Waals surface area contributed by atoms with Crippen LogP contribution in [0.1, 0.15) is 39.0 Å². The van der Waals surface area contributed by atoms with Crippen LogP contribution in [0.25, 0.3) is 0 Å². The Labute approximate surface area is 91.8 Å². The number of carbonyl (C=O) groups excluding carboxylic acids is 1. The molecule has 3 aliphatic heterocycles. The standard InChI is InChI=1S/C12H21NO2/c1-2-3-4-12(14)15-11-9-13-7-5-10(11)6-8-13/h10-11H,2-9H2,1H3. The Morgan fingerprint density at radius 2 is 2.13 bits per heavy atom. The van der Waals surface area contributed by atoms with Crippen LogP contribution in [0.2, 0.25) is 0 Å². The van der Waals surface area contributed by atoms with E-state index >= 15 is 0 Å². The maximum atomic E-state index is 11.5. The molecule has 3 heteroatoms. The topological polar surface area (TPSA) is 29.5 Å². The highest BCUT2D eigenvalue weighted by Gasteiger charge is 2.36. The second-order valence-corrected chi connectivity index (χ2v) is 4.77. The fraction of sp³-hybridized carbons (Fsp3) is 0.917. The van der Waals surface area contributed by atoms with Crippen LogP contribution >= 0.6 is 0 Å². The smallest absolute Gasteiger partial charge is 0.306 e. The van der Waals surface area contributed by atoms with Gasteiger partial charge in [-0.25, -0.2) is 0 Å². The first kappa shape index (κ1) is 10.9. The third kappa shape index (κ3) is 2.71. The number of carbonyl (C=O) groups is 1. The highest BCUT2D eigenvalue weighted by molar-refractivity contribution is 5.69. The number of unbranched alkanes of at least 4 members (excludes halogenated alkanes) is 1. The zero-order valence-electron chi connectivity index (χ0n) is 9.58. The molecular formula is C12H21NO2. The summed E-state index contributed by atoms with van der Waals surface area (Å²) in [6.45, 7) is 5.48. The number of esters is 1. The first-order valence-corrected chi connectivity index (χ1v) is 6.21. The SMILES string of the molecule is CCCCC(=O)OC1CN2CCC1CC2. The Morgan fingerprint density at radius 1 is 1.40 bits per heavy atom. The van der Waals surface area contributed by atoms with Gasteiger partial charge in [-0.05, 0) is 38.3 Å². The Balaban J connectivity index is 1.77. The Kier molecular flexibility index (Phi) is 3.62. The summed E-state index contributed by atoms with van der Waals surface area (Å²) < 4.78 is 5.55. The zero-order chi connectivity index (χ0) is 10.7. The number of piperidine rings is 3. The van der Waals surface area contributed by atoms with Crippen molar-refractivity contribution in [3.05, 3.63) is 0 Å². The second-order valence-electron chi connectivity index (χ2n) is 4.77. The van der Waals surface area contributed by atoms with Gasteiger partial charge in [0.15, 0.2) is 0 Å². The van der Waals surface area contributed by atoms with E-state index in [0.29, 0.717) is 12.3 Å². The molecule has 0 aliphatic carbocycles. The van der Waals surface area contributed by atoms with Gasteiger partial charge in [0, 0.05) is 13.0 Å². The van der Waals surface area contributed by atoms with Crippen LogP contribution in [0.15, 0.2) is 0 Å². The summed E-state index contributed by atoms with van der Waals surface area (Å²) in [5.41, 5.74) is 0. The fourth-order valence-electron chi connectivity index (χ4n) is 2.59. The van der Waals surface area contributed by atoms with Gasteiger partial charge in [0.05, 0.1) is 0 Å². The lowest BCUT2D eigenvalue weighted by atomic mass is 9.86. The van der Waals surface area contributed by atoms with Crippen LogP contribution in [0.5, 0.6) is 0 Å². The number of hydrogen-bond donors (Lipinski definition) is 0. The van der Waals surface area contributed by atoms with Crippen LogP contribution in [0.3, 0.4) is 0 Å². The van der Waals surface area contributed by atoms with Crippen molar-refractivity contribution in [1.82, 2.24) is 4.90 Å². The average molecular weight is 211 g/mol. The molecule has 0 aromatic heterocycles. The van der Waals surface area contributed by atoms with Crippen molar-refractivity contribution in [2.24, 2.45) is 5.92 Å². The number of rotatable bonds is 4. The predicted molar refractivity (Wildman–Crippen MR) is 58.6 cm³/mol. The van der Waals surface area contributed by atoms with Crippen molar-refractivity contribution in [2.75, 3.05) is 19.6 Å². The Hall–Kier alpha value is -0.570. The minimum Gasteiger partial charge on any atom is -0.461 e. The molecule has 0 radical (unpaired) electrons. The number of fused-ring (bicyclic) bond motifs is 3. The maximum Gasteiger partial charge on any atom is 0.306 e. The van der Waals surface area contributed by atoms with Gasteiger partial charge in [-0.15, -0.1) is 0 Å². The number of nitrogens with zero attached hydrogens (tertiary/aromatic N) is 1. The van der Waals surface area contributed by atoms with E-state index in [1.807, 2.05) is 0 Å². The lowest BCUT2D eigenvalue weighted by Gasteiger charge is -2.43. The Morgan fingerprint density at radius 3 is 2.67 bits per heavy atom. The van der Waals surface area contributed by atoms with Crippen LogP contribution in [-0.2, 0) is 9.53 Å². The first-order valence-electron chi connectivity index (χ1n) is 6.21. The number of ether oxygens (including phenoxy) is 1. The summed E-state index contributed by atoms with van der Waals surface area (Å²) in [5, 5.41) is 0. The third-order valence-electron chi connectivity index (χ3n) is 3.61. The summed E-state index contributed by atoms with van der Waals surface area (Å²) in [4.78, 5) is 13.9. The van der Waals surface area contributed by atoms with Gasteiger partial charge >= 0.3 is 5.97 Å². The summed E-state index contributed by atoms with van der Waals surface area (Å²) in [6, 6.07) is 0. The van der Waals surface area contributed by atoms with Crippen molar-refractivity contribution in [3.8, 4) is 0 Å². The van der Waals surface area contributed by atoms with Crippen molar-refractivity contribution >= 4 is 5.97 Å². The molecule has 0 aromatic rings. The molecule has 0 amide bonds. The molecule has 86 valence electrons. The van der Waals surface area contributed by atoms with Gasteiger partial charge in [-0.3, -0.25) is 9.69 Å². The molecule has 3 heterocycles. The molecule has 0 aromatic carbocycles. The van der Waals surface area contributed by atoms with Gasteiger partial charge in [0.2, 0.25) is 0 Å². The molecule has 1 atom stereocenters. The van der Waals surface area contributed by atoms with Crippen molar-refractivity contribution in [2.45, 2.75) is 45.1 Å². The van der Waals surface area contributed by atoms with Crippen molar-refractivity contribution in [1.29, 1.82) is 0 Å². The highest BCUT2D eigenvalue weighted by atomic mass is 16.5. The van der Waals surface area contributed by atoms with E-state index in [2.05, 4.69) is 11.8 Å². The second kappa shape index (κ2) is 4.97. The molecule has 2 bridgehead atoms. The van der Waals surface area contributed by atoms with Gasteiger partial charge in [-0.1, -0.05) is 13.3 Å². The lowest BCUT2D eigenvalue weighted by molar-refractivity contribution is -0.158. The van der Waals surface area contributed by atoms with Crippen molar-refractivity contribution < 1.29 is 9.53 Å². The molecule has 15 heavy (non-hydrogen) atoms. The van der Waals surface area contributed by atoms with Crippen LogP contribution in [0.4, 0.5) is 0 Å². The fourth-order valence-corrected chi connectivity index (χ4v) is 2.59. The maximum absolute atomic E-state index is 11.5. The number of hydrogen-bond acceptors (Lipinski definition) is 3. The van der Waals surface area contributed by atoms with E-state index in [-0.39, 0.29) is 12.1 Å². The van der Waals surface area contributed by atoms with E-state index in [0.717, 1.165) is 19.4 Å². The molecule has 0 saturated carbocycles. The molecular weight excluding hydrogens is 190 g/mol. The van der Waals surface area contributed by atoms with Crippen LogP contribution in [-0.4, -0.2) is 36.6 Å². The molecule has 3 fully saturated rings. The van der Waals surface area contributed by atoms with Crippen LogP contribution in [0, 0.1) is 5.92 Å². The average Bonchev–Trinajstić information content (AvgIpc) is 2.28. The normalized spacial score (nSPS) is 34.1. The summed E-state index contributed by atoms with van der Waals surface area (Å²) >= 11 is 0. The first-order chi connectivity index (χ1) is 7.29. The third-order valence-corrected chi connectivity index (χ3v) is 3.61. The predicted octanol–water partition coefficient (Wildman–Crippen LogP) is 1.81. The molecule has 1 unspecified atom stereocenters. The van der Waals surface area contributed by atoms with Gasteiger partial charge < -0.3 is 4.74 Å². The minimum atomic E-state index is 0.00981. The molecule has 3 nitrogen and oxygen atoms in total. The quantitative estimate of drug-likeness (QED) is 0.664. The molecule has 3 aliphatic rings. The largest absolute Gasteiger partial charge is 0.461 e. The summed E-state index contributed by atoms with van der Waals surface area (Å²) in [6.07, 6.45) is 5.24. The van der Waals surface area contributed by atoms with Gasteiger partial charge in [-0.2, -0.15) is 0 Å². The van der Waals surface area contributed by atoms with Gasteiger partial charge in [0.25, 0.3) is 0 Å². The van der Waals surface area contributed by atoms with Gasteiger partial charge in [0.1, 0.15) is 6.10 Å². The minimum absolute atomic E-state index is 0.00981. The van der Waals surface area contributed by atoms with E-state index in [1.54, 1.807) is 0 Å². The highest BCUT2D eigenvalue weighted by Crippen LogP contribution is 2.29. The molecule has 3 rings (SSSR count). The summed E-state index contributed by atoms with van der Waals surface area (Å²) in [5.74, 6) is 0.649. The Bertz CT molecular complexity index is 222. The van der Waals surface area contributed by atoms with E-state index in [4.69, 9.17) is 4.74 Å². The van der Waals surface area contributed by atoms with Crippen molar-refractivity contribution in [3.63, 3.8) is 0 Å². The monoisotopic (exact) mass is 211 g/mol. The molecule has 0 spiro atoms. The van der Waals surface area contributed by atoms with E-state index in [1.165, 1.54) is 25.9 Å². The lowest BCUT2D eigenvalue weighted by Crippen LogP contribution is -2.51. The molecule has 3 saturated heterocycles. The van der Waals surface area contributed by atoms with E-state index in [9.17, 15) is 4.79 Å². The summed E-state index contributed by atoms with van der Waals surface area (Å²) in [7, 11) is 0. The van der Waals surface area contributed by atoms with Crippen LogP contribution < -0.4 is 0 Å². The molecule has 0 N–H and O–H groups in total. The van der Waals surface area contributed by atoms with E-state index < -0.39 is 0 Å². The zero-order valence-corrected chi connectivity index (χ0v) is 9.58.